The van der Waals surface area contributed by atoms with Crippen molar-refractivity contribution in [3.8, 4) is 22.9 Å². The molecule has 3 rings (SSSR count). The summed E-state index contributed by atoms with van der Waals surface area (Å²) in [4.78, 5) is 24.6. The number of carbonyl (C=O) groups is 2. The first kappa shape index (κ1) is 21.0. The SMILES string of the molecule is N#Cc1ccc(-c2ccc(OCC(=O)NNC(=O)CSc3ccccc3)cc2)cc1. The molecular formula is C23H19N3O3S. The zero-order chi connectivity index (χ0) is 21.2. The third-order valence-corrected chi connectivity index (χ3v) is 5.04. The van der Waals surface area contributed by atoms with E-state index in [0.29, 0.717) is 11.3 Å². The maximum absolute atomic E-state index is 11.9. The van der Waals surface area contributed by atoms with Gasteiger partial charge in [-0.25, -0.2) is 0 Å². The number of nitrogens with zero attached hydrogens (tertiary/aromatic N) is 1. The minimum Gasteiger partial charge on any atom is -0.484 e. The normalized spacial score (nSPS) is 9.97. The molecule has 0 aromatic heterocycles. The second-order valence-corrected chi connectivity index (χ2v) is 7.25. The average molecular weight is 417 g/mol. The molecule has 7 heteroatoms. The summed E-state index contributed by atoms with van der Waals surface area (Å²) in [6.45, 7) is -0.220. The molecule has 0 aliphatic rings. The van der Waals surface area contributed by atoms with Crippen LogP contribution in [-0.2, 0) is 9.59 Å². The smallest absolute Gasteiger partial charge is 0.276 e. The van der Waals surface area contributed by atoms with Crippen LogP contribution in [0.1, 0.15) is 5.56 Å². The van der Waals surface area contributed by atoms with Crippen molar-refractivity contribution in [2.75, 3.05) is 12.4 Å². The van der Waals surface area contributed by atoms with Crippen LogP contribution in [0, 0.1) is 11.3 Å². The summed E-state index contributed by atoms with van der Waals surface area (Å²) in [6.07, 6.45) is 0. The molecule has 0 saturated carbocycles. The summed E-state index contributed by atoms with van der Waals surface area (Å²) >= 11 is 1.38. The minimum atomic E-state index is -0.454. The molecule has 0 radical (unpaired) electrons. The highest BCUT2D eigenvalue weighted by molar-refractivity contribution is 8.00. The Hall–Kier alpha value is -3.76. The molecule has 0 aliphatic carbocycles. The van der Waals surface area contributed by atoms with Crippen molar-refractivity contribution < 1.29 is 14.3 Å². The number of amides is 2. The van der Waals surface area contributed by atoms with E-state index >= 15 is 0 Å². The third-order valence-electron chi connectivity index (χ3n) is 4.03. The molecule has 3 aromatic rings. The Kier molecular flexibility index (Phi) is 7.47. The molecule has 3 aromatic carbocycles. The molecule has 30 heavy (non-hydrogen) atoms. The zero-order valence-electron chi connectivity index (χ0n) is 16.0. The Bertz CT molecular complexity index is 1030. The maximum Gasteiger partial charge on any atom is 0.276 e. The van der Waals surface area contributed by atoms with E-state index in [1.54, 1.807) is 24.3 Å². The molecule has 0 saturated heterocycles. The number of rotatable bonds is 7. The quantitative estimate of drug-likeness (QED) is 0.453. The Morgan fingerprint density at radius 3 is 2.07 bits per heavy atom. The van der Waals surface area contributed by atoms with Crippen molar-refractivity contribution in [2.45, 2.75) is 4.90 Å². The van der Waals surface area contributed by atoms with E-state index in [-0.39, 0.29) is 18.3 Å². The van der Waals surface area contributed by atoms with Crippen LogP contribution in [-0.4, -0.2) is 24.2 Å². The lowest BCUT2D eigenvalue weighted by molar-refractivity contribution is -0.128. The highest BCUT2D eigenvalue weighted by Gasteiger charge is 2.07. The number of hydrogen-bond acceptors (Lipinski definition) is 5. The molecule has 0 heterocycles. The number of ether oxygens (including phenoxy) is 1. The minimum absolute atomic E-state index is 0.196. The van der Waals surface area contributed by atoms with E-state index in [1.165, 1.54) is 11.8 Å². The molecular weight excluding hydrogens is 398 g/mol. The molecule has 150 valence electrons. The van der Waals surface area contributed by atoms with Gasteiger partial charge < -0.3 is 4.74 Å². The van der Waals surface area contributed by atoms with Gasteiger partial charge in [0.15, 0.2) is 6.61 Å². The number of hydrazine groups is 1. The molecule has 6 nitrogen and oxygen atoms in total. The summed E-state index contributed by atoms with van der Waals surface area (Å²) in [5, 5.41) is 8.86. The summed E-state index contributed by atoms with van der Waals surface area (Å²) in [7, 11) is 0. The Balaban J connectivity index is 1.40. The van der Waals surface area contributed by atoms with E-state index in [4.69, 9.17) is 10.00 Å². The number of nitriles is 1. The van der Waals surface area contributed by atoms with Crippen LogP contribution in [0.25, 0.3) is 11.1 Å². The van der Waals surface area contributed by atoms with Gasteiger partial charge in [0, 0.05) is 4.90 Å². The van der Waals surface area contributed by atoms with Gasteiger partial charge in [0.2, 0.25) is 5.91 Å². The van der Waals surface area contributed by atoms with Crippen molar-refractivity contribution in [2.24, 2.45) is 0 Å². The first-order chi connectivity index (χ1) is 14.6. The molecule has 0 unspecified atom stereocenters. The average Bonchev–Trinajstić information content (AvgIpc) is 2.81. The number of hydrogen-bond donors (Lipinski definition) is 2. The van der Waals surface area contributed by atoms with Gasteiger partial charge in [0.05, 0.1) is 17.4 Å². The summed E-state index contributed by atoms with van der Waals surface area (Å²) in [5.74, 6) is -0.0243. The monoisotopic (exact) mass is 417 g/mol. The second-order valence-electron chi connectivity index (χ2n) is 6.20. The van der Waals surface area contributed by atoms with E-state index < -0.39 is 5.91 Å². The standard InChI is InChI=1S/C23H19N3O3S/c24-14-17-6-8-18(9-7-17)19-10-12-20(13-11-19)29-15-22(27)25-26-23(28)16-30-21-4-2-1-3-5-21/h1-13H,15-16H2,(H,25,27)(H,26,28). The van der Waals surface area contributed by atoms with E-state index in [1.807, 2.05) is 54.6 Å². The highest BCUT2D eigenvalue weighted by Crippen LogP contribution is 2.22. The summed E-state index contributed by atoms with van der Waals surface area (Å²) in [5.41, 5.74) is 7.26. The van der Waals surface area contributed by atoms with Crippen LogP contribution in [0.3, 0.4) is 0 Å². The summed E-state index contributed by atoms with van der Waals surface area (Å²) in [6, 6.07) is 26.2. The fourth-order valence-corrected chi connectivity index (χ4v) is 3.23. The van der Waals surface area contributed by atoms with E-state index in [0.717, 1.165) is 16.0 Å². The Morgan fingerprint density at radius 1 is 0.833 bits per heavy atom. The first-order valence-electron chi connectivity index (χ1n) is 9.13. The third kappa shape index (κ3) is 6.40. The summed E-state index contributed by atoms with van der Waals surface area (Å²) < 4.78 is 5.45. The van der Waals surface area contributed by atoms with Gasteiger partial charge in [0.25, 0.3) is 5.91 Å². The number of thioether (sulfide) groups is 1. The van der Waals surface area contributed by atoms with Gasteiger partial charge in [-0.05, 0) is 47.5 Å². The van der Waals surface area contributed by atoms with Crippen LogP contribution in [0.5, 0.6) is 5.75 Å². The van der Waals surface area contributed by atoms with Crippen molar-refractivity contribution in [1.82, 2.24) is 10.9 Å². The van der Waals surface area contributed by atoms with Crippen molar-refractivity contribution in [3.05, 3.63) is 84.4 Å². The molecule has 0 bridgehead atoms. The molecule has 0 aliphatic heterocycles. The first-order valence-corrected chi connectivity index (χ1v) is 10.1. The van der Waals surface area contributed by atoms with Crippen molar-refractivity contribution in [1.29, 1.82) is 5.26 Å². The Labute approximate surface area is 178 Å². The number of benzene rings is 3. The van der Waals surface area contributed by atoms with Gasteiger partial charge in [0.1, 0.15) is 5.75 Å². The molecule has 2 amide bonds. The van der Waals surface area contributed by atoms with Crippen LogP contribution in [0.4, 0.5) is 0 Å². The largest absolute Gasteiger partial charge is 0.484 e. The van der Waals surface area contributed by atoms with Crippen LogP contribution in [0.2, 0.25) is 0 Å². The topological polar surface area (TPSA) is 91.2 Å². The van der Waals surface area contributed by atoms with Gasteiger partial charge in [-0.3, -0.25) is 20.4 Å². The second kappa shape index (κ2) is 10.7. The predicted octanol–water partition coefficient (Wildman–Crippen LogP) is 3.54. The lowest BCUT2D eigenvalue weighted by atomic mass is 10.0. The lowest BCUT2D eigenvalue weighted by Gasteiger charge is -2.09. The molecule has 2 N–H and O–H groups in total. The van der Waals surface area contributed by atoms with Crippen molar-refractivity contribution in [3.63, 3.8) is 0 Å². The zero-order valence-corrected chi connectivity index (χ0v) is 16.8. The maximum atomic E-state index is 11.9. The van der Waals surface area contributed by atoms with Gasteiger partial charge in [-0.2, -0.15) is 5.26 Å². The highest BCUT2D eigenvalue weighted by atomic mass is 32.2. The van der Waals surface area contributed by atoms with Crippen LogP contribution < -0.4 is 15.6 Å². The van der Waals surface area contributed by atoms with Gasteiger partial charge >= 0.3 is 0 Å². The Morgan fingerprint density at radius 2 is 1.43 bits per heavy atom. The predicted molar refractivity (Wildman–Crippen MR) is 116 cm³/mol. The van der Waals surface area contributed by atoms with Crippen LogP contribution >= 0.6 is 11.8 Å². The fraction of sp³-hybridized carbons (Fsp3) is 0.0870. The molecule has 0 fully saturated rings. The lowest BCUT2D eigenvalue weighted by Crippen LogP contribution is -2.44. The van der Waals surface area contributed by atoms with Crippen LogP contribution in [0.15, 0.2) is 83.8 Å². The fourth-order valence-electron chi connectivity index (χ4n) is 2.51. The molecule has 0 spiro atoms. The number of nitrogens with one attached hydrogen (secondary N) is 2. The number of carbonyl (C=O) groups excluding carboxylic acids is 2. The van der Waals surface area contributed by atoms with Crippen molar-refractivity contribution >= 4 is 23.6 Å². The molecule has 0 atom stereocenters. The van der Waals surface area contributed by atoms with Gasteiger partial charge in [-0.1, -0.05) is 42.5 Å². The van der Waals surface area contributed by atoms with Gasteiger partial charge in [-0.15, -0.1) is 11.8 Å². The van der Waals surface area contributed by atoms with E-state index in [9.17, 15) is 9.59 Å². The van der Waals surface area contributed by atoms with E-state index in [2.05, 4.69) is 16.9 Å².